The first-order valence-electron chi connectivity index (χ1n) is 6.09. The maximum Gasteiger partial charge on any atom is 0.0872 e. The summed E-state index contributed by atoms with van der Waals surface area (Å²) in [4.78, 5) is 4.55. The summed E-state index contributed by atoms with van der Waals surface area (Å²) in [6, 6.07) is 0. The number of piperazine rings is 1. The highest BCUT2D eigenvalue weighted by Gasteiger charge is 2.46. The molecule has 1 N–H and O–H groups in total. The van der Waals surface area contributed by atoms with Crippen LogP contribution in [0.15, 0.2) is 11.9 Å². The van der Waals surface area contributed by atoms with Crippen molar-refractivity contribution in [1.82, 2.24) is 9.80 Å². The van der Waals surface area contributed by atoms with E-state index in [1.54, 1.807) is 7.11 Å². The van der Waals surface area contributed by atoms with Crippen molar-refractivity contribution in [3.63, 3.8) is 0 Å². The standard InChI is InChI=1S/C12H21FN2O2/c1-17-10-12-6-11(7-13)8-15(12)3-2-14(9-12)4-5-16/h7,16H,2-6,8-10H2,1H3/b11-7-/t12-/m1/s1. The lowest BCUT2D eigenvalue weighted by molar-refractivity contribution is -0.0266. The van der Waals surface area contributed by atoms with Crippen LogP contribution in [-0.4, -0.2) is 73.5 Å². The van der Waals surface area contributed by atoms with Crippen LogP contribution in [0.2, 0.25) is 0 Å². The number of aliphatic hydroxyl groups is 1. The van der Waals surface area contributed by atoms with Gasteiger partial charge in [-0.1, -0.05) is 0 Å². The van der Waals surface area contributed by atoms with E-state index in [4.69, 9.17) is 9.84 Å². The number of nitrogens with zero attached hydrogens (tertiary/aromatic N) is 2. The van der Waals surface area contributed by atoms with E-state index in [0.29, 0.717) is 19.7 Å². The smallest absolute Gasteiger partial charge is 0.0872 e. The molecule has 0 saturated carbocycles. The summed E-state index contributed by atoms with van der Waals surface area (Å²) in [5, 5.41) is 9.01. The Morgan fingerprint density at radius 2 is 2.35 bits per heavy atom. The van der Waals surface area contributed by atoms with E-state index in [9.17, 15) is 4.39 Å². The monoisotopic (exact) mass is 244 g/mol. The van der Waals surface area contributed by atoms with E-state index >= 15 is 0 Å². The predicted molar refractivity (Wildman–Crippen MR) is 63.5 cm³/mol. The van der Waals surface area contributed by atoms with Crippen molar-refractivity contribution in [3.05, 3.63) is 11.9 Å². The van der Waals surface area contributed by atoms with Crippen molar-refractivity contribution in [1.29, 1.82) is 0 Å². The van der Waals surface area contributed by atoms with E-state index in [2.05, 4.69) is 9.80 Å². The summed E-state index contributed by atoms with van der Waals surface area (Å²) >= 11 is 0. The van der Waals surface area contributed by atoms with Gasteiger partial charge in [-0.05, 0) is 12.0 Å². The first-order chi connectivity index (χ1) is 8.24. The largest absolute Gasteiger partial charge is 0.395 e. The number of hydrogen-bond acceptors (Lipinski definition) is 4. The van der Waals surface area contributed by atoms with Gasteiger partial charge in [-0.2, -0.15) is 0 Å². The second-order valence-corrected chi connectivity index (χ2v) is 5.02. The van der Waals surface area contributed by atoms with Crippen LogP contribution in [0.3, 0.4) is 0 Å². The van der Waals surface area contributed by atoms with Gasteiger partial charge in [-0.15, -0.1) is 0 Å². The Morgan fingerprint density at radius 1 is 1.53 bits per heavy atom. The molecule has 17 heavy (non-hydrogen) atoms. The molecule has 0 aromatic heterocycles. The molecule has 0 amide bonds. The van der Waals surface area contributed by atoms with Gasteiger partial charge >= 0.3 is 0 Å². The molecule has 2 aliphatic heterocycles. The molecule has 4 nitrogen and oxygen atoms in total. The van der Waals surface area contributed by atoms with Gasteiger partial charge in [0.2, 0.25) is 0 Å². The Labute approximate surface area is 102 Å². The number of methoxy groups -OCH3 is 1. The molecular weight excluding hydrogens is 223 g/mol. The minimum absolute atomic E-state index is 0.0971. The summed E-state index contributed by atoms with van der Waals surface area (Å²) in [7, 11) is 1.69. The van der Waals surface area contributed by atoms with Crippen molar-refractivity contribution >= 4 is 0 Å². The van der Waals surface area contributed by atoms with Gasteiger partial charge in [0.05, 0.1) is 25.1 Å². The van der Waals surface area contributed by atoms with Gasteiger partial charge in [0.25, 0.3) is 0 Å². The quantitative estimate of drug-likeness (QED) is 0.768. The van der Waals surface area contributed by atoms with Crippen molar-refractivity contribution in [2.45, 2.75) is 12.0 Å². The highest BCUT2D eigenvalue weighted by atomic mass is 19.1. The molecule has 2 rings (SSSR count). The molecule has 2 heterocycles. The summed E-state index contributed by atoms with van der Waals surface area (Å²) in [6.45, 7) is 4.90. The molecule has 1 atom stereocenters. The van der Waals surface area contributed by atoms with Crippen LogP contribution in [-0.2, 0) is 4.74 Å². The first-order valence-corrected chi connectivity index (χ1v) is 6.09. The van der Waals surface area contributed by atoms with Crippen LogP contribution < -0.4 is 0 Å². The van der Waals surface area contributed by atoms with Crippen LogP contribution in [0.25, 0.3) is 0 Å². The second-order valence-electron chi connectivity index (χ2n) is 5.02. The highest BCUT2D eigenvalue weighted by molar-refractivity contribution is 5.19. The van der Waals surface area contributed by atoms with Gasteiger partial charge in [0.15, 0.2) is 0 Å². The number of aliphatic hydroxyl groups excluding tert-OH is 1. The van der Waals surface area contributed by atoms with Crippen LogP contribution in [0.4, 0.5) is 4.39 Å². The fourth-order valence-electron chi connectivity index (χ4n) is 3.09. The number of halogens is 1. The zero-order chi connectivity index (χ0) is 12.3. The van der Waals surface area contributed by atoms with Crippen LogP contribution in [0.1, 0.15) is 6.42 Å². The van der Waals surface area contributed by atoms with Crippen LogP contribution in [0, 0.1) is 0 Å². The molecule has 0 aromatic rings. The summed E-state index contributed by atoms with van der Waals surface area (Å²) in [5.41, 5.74) is 0.757. The first kappa shape index (κ1) is 13.0. The molecule has 0 aromatic carbocycles. The van der Waals surface area contributed by atoms with Crippen LogP contribution >= 0.6 is 0 Å². The molecule has 5 heteroatoms. The maximum atomic E-state index is 12.7. The Kier molecular flexibility index (Phi) is 4.14. The number of hydrogen-bond donors (Lipinski definition) is 1. The number of fused-ring (bicyclic) bond motifs is 1. The van der Waals surface area contributed by atoms with Crippen molar-refractivity contribution in [2.24, 2.45) is 0 Å². The molecule has 0 spiro atoms. The van der Waals surface area contributed by atoms with Crippen molar-refractivity contribution in [2.75, 3.05) is 53.0 Å². The molecule has 0 bridgehead atoms. The van der Waals surface area contributed by atoms with E-state index in [0.717, 1.165) is 38.0 Å². The molecule has 0 radical (unpaired) electrons. The lowest BCUT2D eigenvalue weighted by atomic mass is 9.93. The molecular formula is C12H21FN2O2. The Hall–Kier alpha value is -0.490. The zero-order valence-corrected chi connectivity index (χ0v) is 10.4. The van der Waals surface area contributed by atoms with Crippen LogP contribution in [0.5, 0.6) is 0 Å². The summed E-state index contributed by atoms with van der Waals surface area (Å²) in [5.74, 6) is 0. The Morgan fingerprint density at radius 3 is 3.00 bits per heavy atom. The lowest BCUT2D eigenvalue weighted by Crippen LogP contribution is -2.61. The van der Waals surface area contributed by atoms with E-state index in [-0.39, 0.29) is 12.1 Å². The minimum Gasteiger partial charge on any atom is -0.395 e. The third-order valence-electron chi connectivity index (χ3n) is 3.81. The van der Waals surface area contributed by atoms with Gasteiger partial charge < -0.3 is 9.84 Å². The second kappa shape index (κ2) is 5.44. The van der Waals surface area contributed by atoms with Crippen molar-refractivity contribution < 1.29 is 14.2 Å². The third-order valence-corrected chi connectivity index (χ3v) is 3.81. The van der Waals surface area contributed by atoms with Gasteiger partial charge in [0, 0.05) is 39.8 Å². The molecule has 0 unspecified atom stereocenters. The van der Waals surface area contributed by atoms with E-state index in [1.807, 2.05) is 0 Å². The average Bonchev–Trinajstić information content (AvgIpc) is 2.67. The lowest BCUT2D eigenvalue weighted by Gasteiger charge is -2.46. The van der Waals surface area contributed by atoms with Crippen molar-refractivity contribution in [3.8, 4) is 0 Å². The third kappa shape index (κ3) is 2.52. The highest BCUT2D eigenvalue weighted by Crippen LogP contribution is 2.36. The zero-order valence-electron chi connectivity index (χ0n) is 10.4. The molecule has 0 aliphatic carbocycles. The Bertz CT molecular complexity index is 298. The average molecular weight is 244 g/mol. The Balaban J connectivity index is 2.11. The topological polar surface area (TPSA) is 35.9 Å². The maximum absolute atomic E-state index is 12.7. The summed E-state index contributed by atoms with van der Waals surface area (Å²) in [6.07, 6.45) is 1.48. The molecule has 98 valence electrons. The molecule has 2 aliphatic rings. The fraction of sp³-hybridized carbons (Fsp3) is 0.833. The number of ether oxygens (including phenoxy) is 1. The van der Waals surface area contributed by atoms with Gasteiger partial charge in [0.1, 0.15) is 0 Å². The van der Waals surface area contributed by atoms with Gasteiger partial charge in [-0.3, -0.25) is 9.80 Å². The predicted octanol–water partition coefficient (Wildman–Crippen LogP) is 0.239. The fourth-order valence-corrected chi connectivity index (χ4v) is 3.09. The van der Waals surface area contributed by atoms with E-state index < -0.39 is 0 Å². The molecule has 2 saturated heterocycles. The number of β-amino-alcohol motifs (C(OH)–C–C–N with tert-alkyl or cyclic N) is 1. The minimum atomic E-state index is -0.0971. The molecule has 2 fully saturated rings. The SMILES string of the molecule is COC[C@]12C/C(=C/F)CN1CCN(CCO)C2. The number of rotatable bonds is 4. The summed E-state index contributed by atoms with van der Waals surface area (Å²) < 4.78 is 18.0. The van der Waals surface area contributed by atoms with Gasteiger partial charge in [-0.25, -0.2) is 4.39 Å². The van der Waals surface area contributed by atoms with E-state index in [1.165, 1.54) is 0 Å². The normalized spacial score (nSPS) is 33.2.